The number of fused-ring (bicyclic) bond motifs is 1. The maximum Gasteiger partial charge on any atom is 0.326 e. The molecular formula is C45H60N12O14. The largest absolute Gasteiger partial charge is 0.480 e. The molecule has 26 heteroatoms. The summed E-state index contributed by atoms with van der Waals surface area (Å²) in [5, 5.41) is 45.0. The van der Waals surface area contributed by atoms with Crippen molar-refractivity contribution in [3.8, 4) is 0 Å². The molecule has 71 heavy (non-hydrogen) atoms. The third-order valence-electron chi connectivity index (χ3n) is 11.5. The molecule has 384 valence electrons. The summed E-state index contributed by atoms with van der Waals surface area (Å²) in [7, 11) is 0. The number of hydrogen-bond acceptors (Lipinski definition) is 14. The fraction of sp³-hybridized carbons (Fsp3) is 0.444. The monoisotopic (exact) mass is 992 g/mol. The van der Waals surface area contributed by atoms with E-state index >= 15 is 0 Å². The van der Waals surface area contributed by atoms with Gasteiger partial charge in [-0.05, 0) is 42.9 Å². The van der Waals surface area contributed by atoms with Gasteiger partial charge in [-0.25, -0.2) is 4.79 Å². The van der Waals surface area contributed by atoms with Crippen molar-refractivity contribution < 1.29 is 68.1 Å². The minimum atomic E-state index is -1.89. The second kappa shape index (κ2) is 26.7. The van der Waals surface area contributed by atoms with E-state index in [0.29, 0.717) is 22.0 Å². The predicted octanol–water partition coefficient (Wildman–Crippen LogP) is -5.34. The summed E-state index contributed by atoms with van der Waals surface area (Å²) in [5.41, 5.74) is 23.5. The van der Waals surface area contributed by atoms with Gasteiger partial charge in [0.05, 0.1) is 25.7 Å². The van der Waals surface area contributed by atoms with E-state index < -0.39 is 139 Å². The number of aromatic amines is 1. The standard InChI is InChI=1S/C45H60N12O14/c46-26(12-14-35(47)60)38(63)51-28(13-15-36(48)61)39(64)52-29(18-24-20-50-27-10-5-4-9-25(24)27)40(65)55-33(22-59)42(67)56-32(21-58)41(66)53-30(19-37(49)62)44(69)57-16-6-11-34(57)43(68)54-31(45(70)71)17-23-7-2-1-3-8-23/h1-5,7-10,20,26,28-34,50,58-59H,6,11-19,21-22,46H2,(H2,47,60)(H2,48,61)(H2,49,62)(H,51,63)(H,52,64)(H,53,66)(H,54,68)(H,55,65)(H,56,67)(H,70,71)/t26-,28-,29-,30-,31-,32-,33-,34-/m0/s1. The van der Waals surface area contributed by atoms with Crippen molar-refractivity contribution >= 4 is 75.9 Å². The Balaban J connectivity index is 1.49. The number of hydrogen-bond donors (Lipinski definition) is 14. The first-order chi connectivity index (χ1) is 33.7. The Kier molecular flexibility index (Phi) is 20.9. The fourth-order valence-corrected chi connectivity index (χ4v) is 7.69. The zero-order chi connectivity index (χ0) is 52.4. The number of aliphatic hydroxyl groups is 2. The van der Waals surface area contributed by atoms with E-state index in [-0.39, 0.29) is 51.5 Å². The lowest BCUT2D eigenvalue weighted by Crippen LogP contribution is -2.61. The molecular weight excluding hydrogens is 933 g/mol. The number of rotatable bonds is 28. The first kappa shape index (κ1) is 55.6. The van der Waals surface area contributed by atoms with Gasteiger partial charge < -0.3 is 80.0 Å². The fourth-order valence-electron chi connectivity index (χ4n) is 7.69. The SMILES string of the molecule is NC(=O)CC[C@H](NC(=O)[C@@H](N)CCC(N)=O)C(=O)N[C@@H](Cc1c[nH]c2ccccc12)C(=O)N[C@@H](CO)C(=O)N[C@@H](CO)C(=O)N[C@@H](CC(N)=O)C(=O)N1CCC[C@H]1C(=O)N[C@@H](Cc1ccccc1)C(=O)O. The van der Waals surface area contributed by atoms with Crippen molar-refractivity contribution in [1.82, 2.24) is 41.8 Å². The highest BCUT2D eigenvalue weighted by molar-refractivity contribution is 5.99. The van der Waals surface area contributed by atoms with Crippen LogP contribution in [0.2, 0.25) is 0 Å². The molecule has 1 aliphatic heterocycles. The number of carboxylic acid groups (broad SMARTS) is 1. The Morgan fingerprint density at radius 3 is 1.75 bits per heavy atom. The van der Waals surface area contributed by atoms with Crippen molar-refractivity contribution in [2.75, 3.05) is 19.8 Å². The molecule has 1 aromatic heterocycles. The minimum Gasteiger partial charge on any atom is -0.480 e. The number of H-pyrrole nitrogens is 1. The van der Waals surface area contributed by atoms with Gasteiger partial charge in [0.2, 0.25) is 59.1 Å². The Morgan fingerprint density at radius 2 is 1.15 bits per heavy atom. The van der Waals surface area contributed by atoms with E-state index in [9.17, 15) is 68.1 Å². The van der Waals surface area contributed by atoms with Crippen molar-refractivity contribution in [2.24, 2.45) is 22.9 Å². The number of likely N-dealkylation sites (tertiary alicyclic amines) is 1. The van der Waals surface area contributed by atoms with Crippen LogP contribution in [0.15, 0.2) is 60.8 Å². The number of para-hydroxylation sites is 1. The molecule has 2 heterocycles. The number of aliphatic hydroxyl groups excluding tert-OH is 2. The lowest BCUT2D eigenvalue weighted by molar-refractivity contribution is -0.145. The van der Waals surface area contributed by atoms with Crippen LogP contribution in [0.5, 0.6) is 0 Å². The molecule has 26 nitrogen and oxygen atoms in total. The van der Waals surface area contributed by atoms with Crippen LogP contribution < -0.4 is 54.8 Å². The number of aromatic nitrogens is 1. The van der Waals surface area contributed by atoms with Gasteiger partial charge in [-0.2, -0.15) is 0 Å². The Bertz CT molecular complexity index is 2430. The van der Waals surface area contributed by atoms with Crippen LogP contribution in [0.25, 0.3) is 10.9 Å². The van der Waals surface area contributed by atoms with Crippen molar-refractivity contribution in [3.63, 3.8) is 0 Å². The van der Waals surface area contributed by atoms with Crippen LogP contribution in [-0.2, 0) is 65.6 Å². The zero-order valence-corrected chi connectivity index (χ0v) is 38.5. The third-order valence-corrected chi connectivity index (χ3v) is 11.5. The zero-order valence-electron chi connectivity index (χ0n) is 38.5. The topological polar surface area (TPSA) is 444 Å². The van der Waals surface area contributed by atoms with Gasteiger partial charge in [0.15, 0.2) is 0 Å². The molecule has 0 spiro atoms. The molecule has 0 radical (unpaired) electrons. The average molecular weight is 993 g/mol. The number of carbonyl (C=O) groups excluding carboxylic acids is 10. The maximum absolute atomic E-state index is 14.0. The quantitative estimate of drug-likeness (QED) is 0.0323. The minimum absolute atomic E-state index is 0.0342. The summed E-state index contributed by atoms with van der Waals surface area (Å²) in [5.74, 6) is -11.2. The molecule has 4 rings (SSSR count). The van der Waals surface area contributed by atoms with Crippen LogP contribution in [0.3, 0.4) is 0 Å². The Morgan fingerprint density at radius 1 is 0.620 bits per heavy atom. The molecule has 18 N–H and O–H groups in total. The summed E-state index contributed by atoms with van der Waals surface area (Å²) in [6.07, 6.45) is -0.393. The molecule has 0 unspecified atom stereocenters. The highest BCUT2D eigenvalue weighted by atomic mass is 16.4. The van der Waals surface area contributed by atoms with Crippen molar-refractivity contribution in [3.05, 3.63) is 71.9 Å². The van der Waals surface area contributed by atoms with Crippen LogP contribution >= 0.6 is 0 Å². The first-order valence-electron chi connectivity index (χ1n) is 22.5. The van der Waals surface area contributed by atoms with E-state index in [4.69, 9.17) is 22.9 Å². The van der Waals surface area contributed by atoms with Crippen LogP contribution in [-0.4, -0.2) is 158 Å². The van der Waals surface area contributed by atoms with Gasteiger partial charge in [0, 0.05) is 49.3 Å². The van der Waals surface area contributed by atoms with Gasteiger partial charge in [0.25, 0.3) is 0 Å². The number of benzene rings is 2. The summed E-state index contributed by atoms with van der Waals surface area (Å²) in [6, 6.07) is 2.91. The summed E-state index contributed by atoms with van der Waals surface area (Å²) < 4.78 is 0. The number of carboxylic acids is 1. The number of nitrogens with one attached hydrogen (secondary N) is 7. The molecule has 1 saturated heterocycles. The highest BCUT2D eigenvalue weighted by Gasteiger charge is 2.40. The highest BCUT2D eigenvalue weighted by Crippen LogP contribution is 2.21. The van der Waals surface area contributed by atoms with E-state index in [1.807, 2.05) is 0 Å². The van der Waals surface area contributed by atoms with Crippen LogP contribution in [0.4, 0.5) is 0 Å². The summed E-state index contributed by atoms with van der Waals surface area (Å²) in [4.78, 5) is 147. The van der Waals surface area contributed by atoms with Crippen molar-refractivity contribution in [2.45, 2.75) is 106 Å². The second-order valence-electron chi connectivity index (χ2n) is 16.8. The summed E-state index contributed by atoms with van der Waals surface area (Å²) >= 11 is 0. The third kappa shape index (κ3) is 16.6. The first-order valence-corrected chi connectivity index (χ1v) is 22.5. The van der Waals surface area contributed by atoms with Gasteiger partial charge in [-0.3, -0.25) is 47.9 Å². The predicted molar refractivity (Wildman–Crippen MR) is 249 cm³/mol. The Hall–Kier alpha value is -7.97. The van der Waals surface area contributed by atoms with E-state index in [0.717, 1.165) is 4.90 Å². The molecule has 3 aromatic rings. The smallest absolute Gasteiger partial charge is 0.326 e. The number of amides is 10. The number of carbonyl (C=O) groups is 11. The molecule has 10 amide bonds. The lowest BCUT2D eigenvalue weighted by Gasteiger charge is -2.30. The molecule has 2 aromatic carbocycles. The van der Waals surface area contributed by atoms with Gasteiger partial charge in [-0.1, -0.05) is 48.5 Å². The van der Waals surface area contributed by atoms with Crippen molar-refractivity contribution in [1.29, 1.82) is 0 Å². The van der Waals surface area contributed by atoms with Crippen LogP contribution in [0.1, 0.15) is 56.1 Å². The number of nitrogens with zero attached hydrogens (tertiary/aromatic N) is 1. The van der Waals surface area contributed by atoms with E-state index in [1.165, 1.54) is 0 Å². The Labute approximate surface area is 405 Å². The number of nitrogens with two attached hydrogens (primary N) is 4. The number of aliphatic carboxylic acids is 1. The average Bonchev–Trinajstić information content (AvgIpc) is 4.00. The molecule has 0 saturated carbocycles. The summed E-state index contributed by atoms with van der Waals surface area (Å²) in [6.45, 7) is -2.27. The van der Waals surface area contributed by atoms with Gasteiger partial charge in [-0.15, -0.1) is 0 Å². The van der Waals surface area contributed by atoms with Crippen LogP contribution in [0, 0.1) is 0 Å². The number of primary amides is 3. The molecule has 0 aliphatic carbocycles. The molecule has 0 bridgehead atoms. The van der Waals surface area contributed by atoms with E-state index in [2.05, 4.69) is 36.9 Å². The molecule has 1 aliphatic rings. The normalized spacial score (nSPS) is 16.2. The maximum atomic E-state index is 14.0. The lowest BCUT2D eigenvalue weighted by atomic mass is 10.0. The van der Waals surface area contributed by atoms with E-state index in [1.54, 1.807) is 60.8 Å². The van der Waals surface area contributed by atoms with Gasteiger partial charge in [0.1, 0.15) is 42.3 Å². The molecule has 8 atom stereocenters. The second-order valence-corrected chi connectivity index (χ2v) is 16.8. The molecule has 1 fully saturated rings. The van der Waals surface area contributed by atoms with Gasteiger partial charge >= 0.3 is 5.97 Å².